The van der Waals surface area contributed by atoms with Gasteiger partial charge in [-0.05, 0) is 41.3 Å². The number of rotatable bonds is 4. The highest BCUT2D eigenvalue weighted by atomic mass is 16.2. The number of tetrazole rings is 1. The molecule has 0 radical (unpaired) electrons. The number of nitrogens with one attached hydrogen (secondary N) is 1. The van der Waals surface area contributed by atoms with Gasteiger partial charge in [-0.25, -0.2) is 4.68 Å². The molecule has 2 amide bonds. The van der Waals surface area contributed by atoms with Gasteiger partial charge in [-0.15, -0.1) is 5.10 Å². The van der Waals surface area contributed by atoms with E-state index in [1.54, 1.807) is 6.92 Å². The molecule has 2 bridgehead atoms. The molecule has 1 aromatic carbocycles. The Bertz CT molecular complexity index is 790. The Labute approximate surface area is 145 Å². The van der Waals surface area contributed by atoms with Crippen molar-refractivity contribution in [2.24, 2.45) is 0 Å². The molecule has 3 aliphatic rings. The van der Waals surface area contributed by atoms with Gasteiger partial charge < -0.3 is 10.2 Å². The standard InChI is InChI=1S/C17H20N6O2/c1-11(19-16(24)9-22-10-18-20-21-22)17(25)23-8-12-6-7-15(23)14-5-3-2-4-13(12)14/h2-5,10-12,15H,6-9H2,1H3,(H,19,24)/t11-,12+,15+/m1/s1. The number of piperidine rings is 1. The van der Waals surface area contributed by atoms with Crippen molar-refractivity contribution in [3.8, 4) is 0 Å². The maximum absolute atomic E-state index is 12.9. The highest BCUT2D eigenvalue weighted by Gasteiger charge is 2.41. The minimum Gasteiger partial charge on any atom is -0.343 e. The van der Waals surface area contributed by atoms with Crippen molar-refractivity contribution in [3.63, 3.8) is 0 Å². The Balaban J connectivity index is 1.44. The number of fused-ring (bicyclic) bond motifs is 2. The molecule has 0 saturated carbocycles. The zero-order valence-electron chi connectivity index (χ0n) is 14.0. The van der Waals surface area contributed by atoms with Crippen LogP contribution in [0.2, 0.25) is 0 Å². The van der Waals surface area contributed by atoms with Gasteiger partial charge in [0.2, 0.25) is 11.8 Å². The third-order valence-electron chi connectivity index (χ3n) is 5.10. The molecule has 25 heavy (non-hydrogen) atoms. The predicted molar refractivity (Wildman–Crippen MR) is 88.3 cm³/mol. The molecule has 1 fully saturated rings. The van der Waals surface area contributed by atoms with Crippen LogP contribution in [0.3, 0.4) is 0 Å². The molecule has 1 aliphatic carbocycles. The van der Waals surface area contributed by atoms with E-state index in [9.17, 15) is 9.59 Å². The van der Waals surface area contributed by atoms with E-state index in [1.165, 1.54) is 22.1 Å². The fourth-order valence-corrected chi connectivity index (χ4v) is 3.98. The average Bonchev–Trinajstić information content (AvgIpc) is 3.14. The van der Waals surface area contributed by atoms with Gasteiger partial charge >= 0.3 is 0 Å². The van der Waals surface area contributed by atoms with Crippen LogP contribution in [0.1, 0.15) is 42.9 Å². The monoisotopic (exact) mass is 340 g/mol. The zero-order valence-corrected chi connectivity index (χ0v) is 14.0. The van der Waals surface area contributed by atoms with E-state index in [4.69, 9.17) is 0 Å². The molecule has 1 aromatic heterocycles. The van der Waals surface area contributed by atoms with Gasteiger partial charge in [0, 0.05) is 12.5 Å². The third kappa shape index (κ3) is 2.88. The SMILES string of the molecule is C[C@@H](NC(=O)Cn1cnnn1)C(=O)N1C[C@@H]2CC[C@H]1c1ccccc12. The summed E-state index contributed by atoms with van der Waals surface area (Å²) in [5, 5.41) is 13.4. The number of aromatic nitrogens is 4. The summed E-state index contributed by atoms with van der Waals surface area (Å²) in [6.07, 6.45) is 3.47. The maximum Gasteiger partial charge on any atom is 0.245 e. The number of carbonyl (C=O) groups excluding carboxylic acids is 2. The molecule has 0 unspecified atom stereocenters. The van der Waals surface area contributed by atoms with Crippen molar-refractivity contribution in [1.82, 2.24) is 30.4 Å². The largest absolute Gasteiger partial charge is 0.343 e. The van der Waals surface area contributed by atoms with Gasteiger partial charge in [0.15, 0.2) is 0 Å². The quantitative estimate of drug-likeness (QED) is 0.881. The number of benzene rings is 1. The van der Waals surface area contributed by atoms with Crippen LogP contribution in [0.5, 0.6) is 0 Å². The van der Waals surface area contributed by atoms with Crippen LogP contribution in [0.15, 0.2) is 30.6 Å². The fraction of sp³-hybridized carbons (Fsp3) is 0.471. The Hall–Kier alpha value is -2.77. The second kappa shape index (κ2) is 6.27. The molecule has 3 atom stereocenters. The van der Waals surface area contributed by atoms with Crippen LogP contribution >= 0.6 is 0 Å². The van der Waals surface area contributed by atoms with Crippen molar-refractivity contribution in [3.05, 3.63) is 41.7 Å². The van der Waals surface area contributed by atoms with E-state index in [2.05, 4.69) is 39.0 Å². The molecule has 1 N–H and O–H groups in total. The van der Waals surface area contributed by atoms with Crippen LogP contribution in [0.4, 0.5) is 0 Å². The topological polar surface area (TPSA) is 93.0 Å². The Kier molecular flexibility index (Phi) is 3.95. The molecular formula is C17H20N6O2. The lowest BCUT2D eigenvalue weighted by molar-refractivity contribution is -0.140. The fourth-order valence-electron chi connectivity index (χ4n) is 3.98. The lowest BCUT2D eigenvalue weighted by Crippen LogP contribution is -2.53. The smallest absolute Gasteiger partial charge is 0.245 e. The van der Waals surface area contributed by atoms with Gasteiger partial charge in [0.25, 0.3) is 0 Å². The van der Waals surface area contributed by atoms with E-state index in [-0.39, 0.29) is 24.4 Å². The van der Waals surface area contributed by atoms with Gasteiger partial charge in [-0.2, -0.15) is 0 Å². The van der Waals surface area contributed by atoms with E-state index < -0.39 is 6.04 Å². The molecule has 0 spiro atoms. The Morgan fingerprint density at radius 2 is 2.08 bits per heavy atom. The summed E-state index contributed by atoms with van der Waals surface area (Å²) in [6.45, 7) is 2.46. The van der Waals surface area contributed by atoms with Gasteiger partial charge in [-0.3, -0.25) is 9.59 Å². The first kappa shape index (κ1) is 15.7. The summed E-state index contributed by atoms with van der Waals surface area (Å²) >= 11 is 0. The summed E-state index contributed by atoms with van der Waals surface area (Å²) in [7, 11) is 0. The lowest BCUT2D eigenvalue weighted by Gasteiger charge is -2.47. The summed E-state index contributed by atoms with van der Waals surface area (Å²) in [5.41, 5.74) is 2.63. The number of carbonyl (C=O) groups is 2. The first-order valence-corrected chi connectivity index (χ1v) is 8.53. The number of hydrogen-bond donors (Lipinski definition) is 1. The second-order valence-corrected chi connectivity index (χ2v) is 6.71. The summed E-state index contributed by atoms with van der Waals surface area (Å²) in [6, 6.07) is 7.92. The normalized spacial score (nSPS) is 22.4. The number of amides is 2. The van der Waals surface area contributed by atoms with Crippen LogP contribution in [0, 0.1) is 0 Å². The maximum atomic E-state index is 12.9. The van der Waals surface area contributed by atoms with Crippen molar-refractivity contribution >= 4 is 11.8 Å². The molecule has 2 aliphatic heterocycles. The van der Waals surface area contributed by atoms with Crippen LogP contribution in [-0.2, 0) is 16.1 Å². The highest BCUT2D eigenvalue weighted by molar-refractivity contribution is 5.87. The van der Waals surface area contributed by atoms with Crippen LogP contribution < -0.4 is 5.32 Å². The van der Waals surface area contributed by atoms with E-state index >= 15 is 0 Å². The van der Waals surface area contributed by atoms with Crippen molar-refractivity contribution < 1.29 is 9.59 Å². The zero-order chi connectivity index (χ0) is 17.4. The summed E-state index contributed by atoms with van der Waals surface area (Å²) in [4.78, 5) is 26.9. The minimum absolute atomic E-state index is 0.000489. The molecular weight excluding hydrogens is 320 g/mol. The second-order valence-electron chi connectivity index (χ2n) is 6.71. The van der Waals surface area contributed by atoms with E-state index in [0.29, 0.717) is 5.92 Å². The highest BCUT2D eigenvalue weighted by Crippen LogP contribution is 2.46. The van der Waals surface area contributed by atoms with Gasteiger partial charge in [0.1, 0.15) is 18.9 Å². The molecule has 8 nitrogen and oxygen atoms in total. The van der Waals surface area contributed by atoms with Crippen molar-refractivity contribution in [2.45, 2.75) is 44.3 Å². The lowest BCUT2D eigenvalue weighted by atomic mass is 9.75. The molecule has 1 saturated heterocycles. The van der Waals surface area contributed by atoms with Gasteiger partial charge in [-0.1, -0.05) is 24.3 Å². The molecule has 5 rings (SSSR count). The van der Waals surface area contributed by atoms with Crippen LogP contribution in [0.25, 0.3) is 0 Å². The summed E-state index contributed by atoms with van der Waals surface area (Å²) in [5.74, 6) is 0.0826. The van der Waals surface area contributed by atoms with E-state index in [0.717, 1.165) is 19.4 Å². The first-order valence-electron chi connectivity index (χ1n) is 8.53. The van der Waals surface area contributed by atoms with Crippen molar-refractivity contribution in [1.29, 1.82) is 0 Å². The molecule has 3 heterocycles. The first-order chi connectivity index (χ1) is 12.1. The Morgan fingerprint density at radius 1 is 1.28 bits per heavy atom. The third-order valence-corrected chi connectivity index (χ3v) is 5.10. The van der Waals surface area contributed by atoms with Crippen molar-refractivity contribution in [2.75, 3.05) is 6.54 Å². The number of nitrogens with zero attached hydrogens (tertiary/aromatic N) is 5. The van der Waals surface area contributed by atoms with Crippen LogP contribution in [-0.4, -0.2) is 49.5 Å². The molecule has 2 aromatic rings. The summed E-state index contributed by atoms with van der Waals surface area (Å²) < 4.78 is 1.33. The Morgan fingerprint density at radius 3 is 2.84 bits per heavy atom. The predicted octanol–water partition coefficient (Wildman–Crippen LogP) is 0.639. The van der Waals surface area contributed by atoms with Gasteiger partial charge in [0.05, 0.1) is 6.04 Å². The molecule has 8 heteroatoms. The van der Waals surface area contributed by atoms with E-state index in [1.807, 2.05) is 11.0 Å². The minimum atomic E-state index is -0.574. The number of hydrogen-bond acceptors (Lipinski definition) is 5. The average molecular weight is 340 g/mol. The molecule has 130 valence electrons.